The highest BCUT2D eigenvalue weighted by Crippen LogP contribution is 2.48. The van der Waals surface area contributed by atoms with Crippen LogP contribution in [0.2, 0.25) is 19.6 Å². The van der Waals surface area contributed by atoms with Crippen LogP contribution in [0.15, 0.2) is 48.5 Å². The van der Waals surface area contributed by atoms with E-state index in [4.69, 9.17) is 9.47 Å². The molecule has 4 bridgehead atoms. The van der Waals surface area contributed by atoms with E-state index >= 15 is 0 Å². The van der Waals surface area contributed by atoms with Gasteiger partial charge in [0.25, 0.3) is 0 Å². The number of carbonyl (C=O) groups excluding carboxylic acids is 2. The van der Waals surface area contributed by atoms with Gasteiger partial charge in [-0.05, 0) is 69.4 Å². The number of piperidine rings is 2. The number of alkyl halides is 2. The zero-order chi connectivity index (χ0) is 35.3. The van der Waals surface area contributed by atoms with Gasteiger partial charge in [0.05, 0.1) is 47.5 Å². The normalized spacial score (nSPS) is 29.0. The molecule has 0 amide bonds. The molecule has 2 aromatic carbocycles. The number of halogens is 3. The van der Waals surface area contributed by atoms with Crippen LogP contribution in [0.3, 0.4) is 0 Å². The third-order valence-electron chi connectivity index (χ3n) is 11.9. The second-order valence-corrected chi connectivity index (χ2v) is 20.8. The smallest absolute Gasteiger partial charge is 0.310 e. The van der Waals surface area contributed by atoms with Crippen molar-refractivity contribution in [3.63, 3.8) is 0 Å². The van der Waals surface area contributed by atoms with Gasteiger partial charge in [0.2, 0.25) is 0 Å². The summed E-state index contributed by atoms with van der Waals surface area (Å²) in [5.74, 6) is -0.0948. The third kappa shape index (κ3) is 9.00. The van der Waals surface area contributed by atoms with Gasteiger partial charge in [0.15, 0.2) is 0 Å². The summed E-state index contributed by atoms with van der Waals surface area (Å²) >= 11 is 0. The highest BCUT2D eigenvalue weighted by Gasteiger charge is 2.52. The number of esters is 2. The molecule has 10 heteroatoms. The average molecular weight is 825 g/mol. The van der Waals surface area contributed by atoms with Crippen molar-refractivity contribution in [2.75, 3.05) is 40.7 Å². The monoisotopic (exact) mass is 824 g/mol. The highest BCUT2D eigenvalue weighted by atomic mass is 127. The molecule has 278 valence electrons. The second-order valence-electron chi connectivity index (χ2n) is 15.7. The lowest BCUT2D eigenvalue weighted by molar-refractivity contribution is -0.151. The summed E-state index contributed by atoms with van der Waals surface area (Å²) in [4.78, 5) is 29.9. The van der Waals surface area contributed by atoms with E-state index in [9.17, 15) is 18.4 Å². The predicted molar refractivity (Wildman–Crippen MR) is 210 cm³/mol. The molecule has 0 saturated carbocycles. The average Bonchev–Trinajstić information content (AvgIpc) is 3.54. The van der Waals surface area contributed by atoms with Crippen LogP contribution in [0, 0.1) is 18.8 Å². The van der Waals surface area contributed by atoms with Gasteiger partial charge in [-0.2, -0.15) is 0 Å². The molecule has 0 aliphatic carbocycles. The van der Waals surface area contributed by atoms with Crippen molar-refractivity contribution >= 4 is 49.2 Å². The van der Waals surface area contributed by atoms with Crippen molar-refractivity contribution in [2.45, 2.75) is 114 Å². The Balaban J connectivity index is 0.000000222. The summed E-state index contributed by atoms with van der Waals surface area (Å²) in [6.45, 7) is 10.0. The van der Waals surface area contributed by atoms with Crippen LogP contribution >= 0.6 is 24.0 Å². The molecule has 6 rings (SSSR count). The fraction of sp³-hybridized carbons (Fsp3) is 0.650. The molecule has 4 aliphatic rings. The van der Waals surface area contributed by atoms with E-state index < -0.39 is 8.07 Å². The first-order valence-corrected chi connectivity index (χ1v) is 22.0. The quantitative estimate of drug-likeness (QED) is 0.131. The van der Waals surface area contributed by atoms with E-state index in [2.05, 4.69) is 84.9 Å². The lowest BCUT2D eigenvalue weighted by Gasteiger charge is -2.43. The highest BCUT2D eigenvalue weighted by molar-refractivity contribution is 14.0. The summed E-state index contributed by atoms with van der Waals surface area (Å²) in [6, 6.07) is 18.8. The lowest BCUT2D eigenvalue weighted by atomic mass is 9.76. The minimum Gasteiger partial charge on any atom is -0.469 e. The topological polar surface area (TPSA) is 59.1 Å². The van der Waals surface area contributed by atoms with Gasteiger partial charge in [-0.15, -0.1) is 24.0 Å². The van der Waals surface area contributed by atoms with Crippen LogP contribution in [-0.2, 0) is 19.1 Å². The summed E-state index contributed by atoms with van der Waals surface area (Å²) in [5.41, 5.74) is 3.71. The maximum absolute atomic E-state index is 12.7. The van der Waals surface area contributed by atoms with Crippen LogP contribution in [0.1, 0.15) is 79.9 Å². The Labute approximate surface area is 317 Å². The molecule has 6 nitrogen and oxygen atoms in total. The summed E-state index contributed by atoms with van der Waals surface area (Å²) in [5, 5.41) is 1.44. The van der Waals surface area contributed by atoms with E-state index in [-0.39, 0.29) is 85.0 Å². The number of methoxy groups -OCH3 is 2. The maximum Gasteiger partial charge on any atom is 0.310 e. The fourth-order valence-electron chi connectivity index (χ4n) is 9.45. The number of nitrogens with zero attached hydrogens (tertiary/aromatic N) is 2. The van der Waals surface area contributed by atoms with Crippen LogP contribution in [0.25, 0.3) is 0 Å². The summed E-state index contributed by atoms with van der Waals surface area (Å²) in [7, 11) is 1.63. The molecule has 4 saturated heterocycles. The third-order valence-corrected chi connectivity index (χ3v) is 14.0. The van der Waals surface area contributed by atoms with Gasteiger partial charge < -0.3 is 9.47 Å². The minimum absolute atomic E-state index is 0. The number of ether oxygens (including phenoxy) is 2. The van der Waals surface area contributed by atoms with E-state index in [1.165, 1.54) is 36.1 Å². The van der Waals surface area contributed by atoms with Crippen LogP contribution in [-0.4, -0.2) is 94.6 Å². The first-order chi connectivity index (χ1) is 23.5. The molecule has 0 radical (unpaired) electrons. The van der Waals surface area contributed by atoms with Gasteiger partial charge in [-0.3, -0.25) is 28.2 Å². The van der Waals surface area contributed by atoms with Crippen molar-refractivity contribution in [3.8, 4) is 0 Å². The minimum atomic E-state index is -1.33. The molecule has 4 fully saturated rings. The van der Waals surface area contributed by atoms with Crippen molar-refractivity contribution < 1.29 is 27.8 Å². The van der Waals surface area contributed by atoms with Crippen molar-refractivity contribution in [3.05, 3.63) is 65.2 Å². The van der Waals surface area contributed by atoms with E-state index in [0.29, 0.717) is 24.9 Å². The first kappa shape index (κ1) is 40.9. The number of fused-ring (bicyclic) bond motifs is 4. The van der Waals surface area contributed by atoms with E-state index in [1.807, 2.05) is 0 Å². The Morgan fingerprint density at radius 3 is 1.46 bits per heavy atom. The lowest BCUT2D eigenvalue weighted by Crippen LogP contribution is -2.51. The number of hydrogen-bond acceptors (Lipinski definition) is 6. The van der Waals surface area contributed by atoms with Gasteiger partial charge in [0, 0.05) is 49.1 Å². The van der Waals surface area contributed by atoms with Crippen LogP contribution < -0.4 is 5.19 Å². The molecule has 4 aliphatic heterocycles. The predicted octanol–water partition coefficient (Wildman–Crippen LogP) is 7.78. The Morgan fingerprint density at radius 2 is 1.10 bits per heavy atom. The number of hydrogen-bond donors (Lipinski definition) is 0. The molecule has 8 atom stereocenters. The molecular weight excluding hydrogens is 765 g/mol. The number of carbonyl (C=O) groups is 2. The van der Waals surface area contributed by atoms with Crippen molar-refractivity contribution in [1.29, 1.82) is 0 Å². The van der Waals surface area contributed by atoms with Crippen molar-refractivity contribution in [2.24, 2.45) is 11.8 Å². The molecule has 4 heterocycles. The van der Waals surface area contributed by atoms with Crippen molar-refractivity contribution in [1.82, 2.24) is 9.80 Å². The summed E-state index contributed by atoms with van der Waals surface area (Å²) < 4.78 is 35.6. The Kier molecular flexibility index (Phi) is 14.9. The zero-order valence-corrected chi connectivity index (χ0v) is 34.2. The molecule has 0 unspecified atom stereocenters. The van der Waals surface area contributed by atoms with Gasteiger partial charge >= 0.3 is 11.9 Å². The standard InChI is InChI=1S/C21H32FNO2Si.C19H26FNO2.HI/c1-25-21(24)20-18(15-6-9-17(10-7-15)26(2,3)4)14-16-8-11-19(20)23(16)13-5-12-22;1-13-4-6-14(7-5-13)16-12-15-8-9-17(18(16)19(22)23-2)21(15)11-3-10-20;/h6-7,9-10,16,18-20H,5,8,11-14H2,1-4H3;4-7,15-18H,3,8-12H2,1-2H3;1H/t16-,18+,19+,20-;15-,16+,17+,18-;/m00./s1. The molecular formula is C40H59F2IN2O4Si. The number of rotatable bonds is 11. The number of benzene rings is 2. The van der Waals surface area contributed by atoms with Gasteiger partial charge in [-0.25, -0.2) is 0 Å². The first-order valence-electron chi connectivity index (χ1n) is 18.5. The SMILES string of the molecule is COC(=O)[C@H]1[C@@H](c2ccc(C)cc2)C[C@@H]2CC[C@H]1N2CCCF.COC(=O)[C@H]1[C@@H](c2ccc([Si](C)(C)C)cc2)C[C@@H]2CC[C@H]1N2CCCF.I. The molecule has 0 spiro atoms. The Hall–Kier alpha value is -1.89. The maximum atomic E-state index is 12.7. The molecule has 0 aromatic heterocycles. The fourth-order valence-corrected chi connectivity index (χ4v) is 10.6. The van der Waals surface area contributed by atoms with E-state index in [1.54, 1.807) is 0 Å². The van der Waals surface area contributed by atoms with E-state index in [0.717, 1.165) is 51.6 Å². The zero-order valence-electron chi connectivity index (χ0n) is 30.9. The molecule has 0 N–H and O–H groups in total. The molecule has 50 heavy (non-hydrogen) atoms. The Bertz CT molecular complexity index is 1390. The van der Waals surface area contributed by atoms with Crippen LogP contribution in [0.5, 0.6) is 0 Å². The van der Waals surface area contributed by atoms with Gasteiger partial charge in [0.1, 0.15) is 0 Å². The molecule has 2 aromatic rings. The summed E-state index contributed by atoms with van der Waals surface area (Å²) in [6.07, 6.45) is 7.27. The largest absolute Gasteiger partial charge is 0.469 e. The van der Waals surface area contributed by atoms with Crippen LogP contribution in [0.4, 0.5) is 8.78 Å². The Morgan fingerprint density at radius 1 is 0.700 bits per heavy atom. The second kappa shape index (κ2) is 18.2. The van der Waals surface area contributed by atoms with Gasteiger partial charge in [-0.1, -0.05) is 78.9 Å². The number of aryl methyl sites for hydroxylation is 1.